The van der Waals surface area contributed by atoms with Crippen LogP contribution in [0.25, 0.3) is 0 Å². The predicted octanol–water partition coefficient (Wildman–Crippen LogP) is 1.90. The fourth-order valence-electron chi connectivity index (χ4n) is 3.19. The first-order valence-electron chi connectivity index (χ1n) is 9.57. The van der Waals surface area contributed by atoms with Gasteiger partial charge in [-0.05, 0) is 19.1 Å². The fraction of sp³-hybridized carbons (Fsp3) is 0.500. The molecule has 1 unspecified atom stereocenters. The molecule has 1 aromatic carbocycles. The average Bonchev–Trinajstić information content (AvgIpc) is 3.14. The van der Waals surface area contributed by atoms with E-state index in [1.807, 2.05) is 30.2 Å². The molecule has 0 spiro atoms. The summed E-state index contributed by atoms with van der Waals surface area (Å²) in [6, 6.07) is 10.4. The van der Waals surface area contributed by atoms with E-state index >= 15 is 0 Å². The van der Waals surface area contributed by atoms with Crippen LogP contribution in [0.2, 0.25) is 0 Å². The lowest BCUT2D eigenvalue weighted by molar-refractivity contribution is -0.00803. The molecule has 0 radical (unpaired) electrons. The third-order valence-electron chi connectivity index (χ3n) is 4.69. The van der Waals surface area contributed by atoms with Gasteiger partial charge in [0.15, 0.2) is 5.96 Å². The van der Waals surface area contributed by atoms with Gasteiger partial charge in [0.1, 0.15) is 6.10 Å². The number of guanidine groups is 1. The maximum atomic E-state index is 5.95. The summed E-state index contributed by atoms with van der Waals surface area (Å²) in [6.07, 6.45) is 3.93. The van der Waals surface area contributed by atoms with Crippen LogP contribution in [0.1, 0.15) is 18.6 Å². The van der Waals surface area contributed by atoms with Crippen molar-refractivity contribution in [2.75, 3.05) is 51.3 Å². The third kappa shape index (κ3) is 5.23. The Morgan fingerprint density at radius 2 is 2.19 bits per heavy atom. The summed E-state index contributed by atoms with van der Waals surface area (Å²) in [6.45, 7) is 6.88. The van der Waals surface area contributed by atoms with Gasteiger partial charge in [0.05, 0.1) is 25.9 Å². The molecular weight excluding hydrogens is 340 g/mol. The number of aromatic nitrogens is 2. The molecule has 1 fully saturated rings. The lowest BCUT2D eigenvalue weighted by Crippen LogP contribution is -2.48. The minimum absolute atomic E-state index is 0.0308. The van der Waals surface area contributed by atoms with E-state index < -0.39 is 0 Å². The molecule has 7 heteroatoms. The zero-order chi connectivity index (χ0) is 19.1. The summed E-state index contributed by atoms with van der Waals surface area (Å²) < 4.78 is 7.77. The first-order chi connectivity index (χ1) is 13.2. The van der Waals surface area contributed by atoms with E-state index in [0.717, 1.165) is 44.2 Å². The minimum Gasteiger partial charge on any atom is -0.373 e. The molecule has 0 aliphatic carbocycles. The molecule has 1 atom stereocenters. The van der Waals surface area contributed by atoms with Gasteiger partial charge in [0, 0.05) is 51.2 Å². The van der Waals surface area contributed by atoms with Crippen LogP contribution in [0.4, 0.5) is 5.69 Å². The first-order valence-corrected chi connectivity index (χ1v) is 9.57. The Labute approximate surface area is 161 Å². The number of benzene rings is 1. The lowest BCUT2D eigenvalue weighted by atomic mass is 10.1. The monoisotopic (exact) mass is 370 g/mol. The van der Waals surface area contributed by atoms with Crippen LogP contribution in [0, 0.1) is 0 Å². The maximum absolute atomic E-state index is 5.95. The fourth-order valence-corrected chi connectivity index (χ4v) is 3.19. The number of nitrogens with one attached hydrogen (secondary N) is 1. The summed E-state index contributed by atoms with van der Waals surface area (Å²) in [5, 5.41) is 7.69. The molecule has 1 aliphatic rings. The number of aryl methyl sites for hydroxylation is 1. The van der Waals surface area contributed by atoms with E-state index in [2.05, 4.69) is 58.5 Å². The molecule has 0 bridgehead atoms. The molecular formula is C20H30N6O. The van der Waals surface area contributed by atoms with Gasteiger partial charge in [-0.25, -0.2) is 0 Å². The molecule has 1 N–H and O–H groups in total. The molecule has 2 aromatic rings. The molecule has 0 saturated carbocycles. The van der Waals surface area contributed by atoms with Gasteiger partial charge in [-0.1, -0.05) is 18.2 Å². The van der Waals surface area contributed by atoms with Crippen molar-refractivity contribution in [1.29, 1.82) is 0 Å². The molecule has 7 nitrogen and oxygen atoms in total. The average molecular weight is 371 g/mol. The summed E-state index contributed by atoms with van der Waals surface area (Å²) >= 11 is 0. The highest BCUT2D eigenvalue weighted by Crippen LogP contribution is 2.21. The number of hydrogen-bond donors (Lipinski definition) is 1. The maximum Gasteiger partial charge on any atom is 0.194 e. The minimum atomic E-state index is 0.0308. The quantitative estimate of drug-likeness (QED) is 0.622. The highest BCUT2D eigenvalue weighted by Gasteiger charge is 2.25. The van der Waals surface area contributed by atoms with Crippen LogP contribution in [0.15, 0.2) is 47.7 Å². The van der Waals surface area contributed by atoms with Crippen LogP contribution in [-0.2, 0) is 11.8 Å². The van der Waals surface area contributed by atoms with Crippen molar-refractivity contribution in [3.8, 4) is 0 Å². The van der Waals surface area contributed by atoms with Crippen LogP contribution in [0.5, 0.6) is 0 Å². The second kappa shape index (κ2) is 9.41. The van der Waals surface area contributed by atoms with Gasteiger partial charge in [0.2, 0.25) is 0 Å². The molecule has 1 aliphatic heterocycles. The van der Waals surface area contributed by atoms with Crippen molar-refractivity contribution in [2.24, 2.45) is 12.0 Å². The molecule has 0 amide bonds. The number of hydrogen-bond acceptors (Lipinski definition) is 4. The van der Waals surface area contributed by atoms with E-state index in [1.54, 1.807) is 0 Å². The zero-order valence-corrected chi connectivity index (χ0v) is 16.5. The van der Waals surface area contributed by atoms with Crippen LogP contribution in [-0.4, -0.2) is 67.0 Å². The van der Waals surface area contributed by atoms with Crippen LogP contribution in [0.3, 0.4) is 0 Å². The Morgan fingerprint density at radius 1 is 1.37 bits per heavy atom. The van der Waals surface area contributed by atoms with Crippen molar-refractivity contribution in [1.82, 2.24) is 20.0 Å². The summed E-state index contributed by atoms with van der Waals surface area (Å²) in [7, 11) is 4.03. The number of aliphatic imine (C=N–C) groups is 1. The normalized spacial score (nSPS) is 17.8. The summed E-state index contributed by atoms with van der Waals surface area (Å²) in [4.78, 5) is 9.36. The highest BCUT2D eigenvalue weighted by atomic mass is 16.5. The van der Waals surface area contributed by atoms with E-state index in [-0.39, 0.29) is 6.10 Å². The molecule has 27 heavy (non-hydrogen) atoms. The second-order valence-electron chi connectivity index (χ2n) is 6.75. The van der Waals surface area contributed by atoms with Gasteiger partial charge >= 0.3 is 0 Å². The topological polar surface area (TPSA) is 57.9 Å². The molecule has 146 valence electrons. The molecule has 2 heterocycles. The SMILES string of the molecule is CCNC(=NCCN(C)c1ccccc1)N1CCOC(c2cnn(C)c2)C1. The van der Waals surface area contributed by atoms with E-state index in [0.29, 0.717) is 6.61 Å². The Kier molecular flexibility index (Phi) is 6.70. The molecule has 3 rings (SSSR count). The van der Waals surface area contributed by atoms with Gasteiger partial charge in [-0.3, -0.25) is 9.67 Å². The van der Waals surface area contributed by atoms with Crippen molar-refractivity contribution in [2.45, 2.75) is 13.0 Å². The number of anilines is 1. The Hall–Kier alpha value is -2.54. The Balaban J connectivity index is 1.60. The summed E-state index contributed by atoms with van der Waals surface area (Å²) in [5.74, 6) is 0.955. The molecule has 1 aromatic heterocycles. The third-order valence-corrected chi connectivity index (χ3v) is 4.69. The Morgan fingerprint density at radius 3 is 2.89 bits per heavy atom. The smallest absolute Gasteiger partial charge is 0.194 e. The number of likely N-dealkylation sites (N-methyl/N-ethyl adjacent to an activating group) is 1. The standard InChI is InChI=1S/C20H30N6O/c1-4-21-20(22-10-11-24(2)18-8-6-5-7-9-18)26-12-13-27-19(16-26)17-14-23-25(3)15-17/h5-9,14-15,19H,4,10-13,16H2,1-3H3,(H,21,22). The van der Waals surface area contributed by atoms with Crippen LogP contribution < -0.4 is 10.2 Å². The number of morpholine rings is 1. The van der Waals surface area contributed by atoms with E-state index in [9.17, 15) is 0 Å². The van der Waals surface area contributed by atoms with Gasteiger partial charge in [-0.2, -0.15) is 5.10 Å². The number of nitrogens with zero attached hydrogens (tertiary/aromatic N) is 5. The largest absolute Gasteiger partial charge is 0.373 e. The van der Waals surface area contributed by atoms with Gasteiger partial charge < -0.3 is 19.9 Å². The number of para-hydroxylation sites is 1. The second-order valence-corrected chi connectivity index (χ2v) is 6.75. The highest BCUT2D eigenvalue weighted by molar-refractivity contribution is 5.80. The predicted molar refractivity (Wildman–Crippen MR) is 109 cm³/mol. The van der Waals surface area contributed by atoms with Crippen molar-refractivity contribution >= 4 is 11.6 Å². The first kappa shape index (κ1) is 19.2. The van der Waals surface area contributed by atoms with Crippen molar-refractivity contribution in [3.05, 3.63) is 48.3 Å². The van der Waals surface area contributed by atoms with Crippen molar-refractivity contribution < 1.29 is 4.74 Å². The van der Waals surface area contributed by atoms with E-state index in [1.165, 1.54) is 5.69 Å². The molecule has 1 saturated heterocycles. The summed E-state index contributed by atoms with van der Waals surface area (Å²) in [5.41, 5.74) is 2.32. The number of rotatable bonds is 6. The Bertz CT molecular complexity index is 729. The zero-order valence-electron chi connectivity index (χ0n) is 16.5. The lowest BCUT2D eigenvalue weighted by Gasteiger charge is -2.35. The van der Waals surface area contributed by atoms with Gasteiger partial charge in [-0.15, -0.1) is 0 Å². The van der Waals surface area contributed by atoms with Gasteiger partial charge in [0.25, 0.3) is 0 Å². The number of ether oxygens (including phenoxy) is 1. The van der Waals surface area contributed by atoms with Crippen LogP contribution >= 0.6 is 0 Å². The van der Waals surface area contributed by atoms with Crippen molar-refractivity contribution in [3.63, 3.8) is 0 Å². The van der Waals surface area contributed by atoms with E-state index in [4.69, 9.17) is 9.73 Å².